The van der Waals surface area contributed by atoms with Gasteiger partial charge in [0.05, 0.1) is 38.5 Å². The van der Waals surface area contributed by atoms with E-state index >= 15 is 0 Å². The number of methoxy groups -OCH3 is 3. The maximum absolute atomic E-state index is 14.0. The van der Waals surface area contributed by atoms with Crippen LogP contribution in [0.5, 0.6) is 17.2 Å². The number of Topliss-reactive ketones (excluding diaryl/α,β-unsaturated/α-hetero) is 1. The first-order chi connectivity index (χ1) is 16.4. The van der Waals surface area contributed by atoms with E-state index in [4.69, 9.17) is 14.2 Å². The molecular formula is C25H22FNO6S. The number of carbonyl (C=O) groups is 2. The SMILES string of the molecule is COc1ccc(CN2C(=O)C(=O)/C(=C(\O)c3cc(F)ccc3OC)C2c2cccs2)cc1OC. The summed E-state index contributed by atoms with van der Waals surface area (Å²) < 4.78 is 29.9. The van der Waals surface area contributed by atoms with Gasteiger partial charge in [-0.15, -0.1) is 11.3 Å². The van der Waals surface area contributed by atoms with Gasteiger partial charge in [0.25, 0.3) is 11.7 Å². The Morgan fingerprint density at radius 1 is 1.00 bits per heavy atom. The molecule has 1 aliphatic rings. The monoisotopic (exact) mass is 483 g/mol. The van der Waals surface area contributed by atoms with Crippen molar-refractivity contribution in [2.75, 3.05) is 21.3 Å². The van der Waals surface area contributed by atoms with Crippen LogP contribution in [0, 0.1) is 5.82 Å². The fourth-order valence-electron chi connectivity index (χ4n) is 3.97. The minimum absolute atomic E-state index is 0.00632. The highest BCUT2D eigenvalue weighted by Crippen LogP contribution is 2.43. The van der Waals surface area contributed by atoms with E-state index in [1.54, 1.807) is 30.3 Å². The lowest BCUT2D eigenvalue weighted by molar-refractivity contribution is -0.140. The van der Waals surface area contributed by atoms with E-state index in [9.17, 15) is 19.1 Å². The van der Waals surface area contributed by atoms with Crippen molar-refractivity contribution in [3.63, 3.8) is 0 Å². The van der Waals surface area contributed by atoms with Gasteiger partial charge in [0.1, 0.15) is 17.3 Å². The van der Waals surface area contributed by atoms with Gasteiger partial charge in [0.2, 0.25) is 0 Å². The molecule has 176 valence electrons. The summed E-state index contributed by atoms with van der Waals surface area (Å²) in [6.45, 7) is 0.0740. The molecule has 0 radical (unpaired) electrons. The van der Waals surface area contributed by atoms with Gasteiger partial charge in [-0.2, -0.15) is 0 Å². The maximum atomic E-state index is 14.0. The molecule has 0 spiro atoms. The number of nitrogens with zero attached hydrogens (tertiary/aromatic N) is 1. The molecule has 1 saturated heterocycles. The fraction of sp³-hybridized carbons (Fsp3) is 0.200. The summed E-state index contributed by atoms with van der Waals surface area (Å²) in [6.07, 6.45) is 0. The summed E-state index contributed by atoms with van der Waals surface area (Å²) in [5.41, 5.74) is 0.564. The average molecular weight is 484 g/mol. The maximum Gasteiger partial charge on any atom is 0.295 e. The normalized spacial score (nSPS) is 17.2. The second kappa shape index (κ2) is 9.56. The molecule has 0 aliphatic carbocycles. The van der Waals surface area contributed by atoms with Crippen LogP contribution in [-0.4, -0.2) is 43.0 Å². The first-order valence-corrected chi connectivity index (χ1v) is 11.1. The Hall–Kier alpha value is -3.85. The molecule has 2 heterocycles. The molecule has 3 aromatic rings. The highest BCUT2D eigenvalue weighted by molar-refractivity contribution is 7.10. The Balaban J connectivity index is 1.84. The van der Waals surface area contributed by atoms with Crippen molar-refractivity contribution in [1.29, 1.82) is 0 Å². The zero-order valence-electron chi connectivity index (χ0n) is 18.7. The van der Waals surface area contributed by atoms with Crippen LogP contribution in [0.1, 0.15) is 22.0 Å². The second-order valence-electron chi connectivity index (χ2n) is 7.48. The number of likely N-dealkylation sites (tertiary alicyclic amines) is 1. The molecule has 1 amide bonds. The van der Waals surface area contributed by atoms with Gasteiger partial charge in [0, 0.05) is 11.4 Å². The van der Waals surface area contributed by atoms with Gasteiger partial charge in [-0.25, -0.2) is 4.39 Å². The van der Waals surface area contributed by atoms with Gasteiger partial charge in [-0.3, -0.25) is 9.59 Å². The number of aliphatic hydroxyl groups is 1. The first kappa shape index (κ1) is 23.3. The van der Waals surface area contributed by atoms with E-state index in [2.05, 4.69) is 0 Å². The van der Waals surface area contributed by atoms with E-state index < -0.39 is 29.3 Å². The number of carbonyl (C=O) groups excluding carboxylic acids is 2. The van der Waals surface area contributed by atoms with Crippen molar-refractivity contribution >= 4 is 28.8 Å². The number of rotatable bonds is 7. The molecule has 34 heavy (non-hydrogen) atoms. The Kier molecular flexibility index (Phi) is 6.56. The number of aliphatic hydroxyl groups excluding tert-OH is 1. The quantitative estimate of drug-likeness (QED) is 0.302. The third-order valence-electron chi connectivity index (χ3n) is 5.57. The van der Waals surface area contributed by atoms with Crippen LogP contribution >= 0.6 is 11.3 Å². The number of thiophene rings is 1. The smallest absolute Gasteiger partial charge is 0.295 e. The van der Waals surface area contributed by atoms with Crippen LogP contribution in [0.25, 0.3) is 5.76 Å². The molecule has 1 aliphatic heterocycles. The van der Waals surface area contributed by atoms with Gasteiger partial charge in [0.15, 0.2) is 11.5 Å². The molecule has 1 unspecified atom stereocenters. The fourth-order valence-corrected chi connectivity index (χ4v) is 4.82. The minimum Gasteiger partial charge on any atom is -0.507 e. The van der Waals surface area contributed by atoms with Crippen LogP contribution < -0.4 is 14.2 Å². The predicted molar refractivity (Wildman–Crippen MR) is 125 cm³/mol. The van der Waals surface area contributed by atoms with Crippen molar-refractivity contribution in [2.45, 2.75) is 12.6 Å². The Bertz CT molecular complexity index is 1270. The molecule has 1 N–H and O–H groups in total. The lowest BCUT2D eigenvalue weighted by Gasteiger charge is -2.24. The van der Waals surface area contributed by atoms with Crippen LogP contribution in [0.2, 0.25) is 0 Å². The van der Waals surface area contributed by atoms with E-state index in [1.807, 2.05) is 5.38 Å². The summed E-state index contributed by atoms with van der Waals surface area (Å²) in [5, 5.41) is 13.0. The first-order valence-electron chi connectivity index (χ1n) is 10.3. The van der Waals surface area contributed by atoms with Crippen LogP contribution in [0.15, 0.2) is 59.5 Å². The molecule has 1 fully saturated rings. The predicted octanol–water partition coefficient (Wildman–Crippen LogP) is 4.53. The molecule has 7 nitrogen and oxygen atoms in total. The van der Waals surface area contributed by atoms with Gasteiger partial charge < -0.3 is 24.2 Å². The summed E-state index contributed by atoms with van der Waals surface area (Å²) in [5.74, 6) is -1.56. The molecule has 0 bridgehead atoms. The number of ether oxygens (including phenoxy) is 3. The molecule has 1 aromatic heterocycles. The minimum atomic E-state index is -0.860. The van der Waals surface area contributed by atoms with Gasteiger partial charge >= 0.3 is 0 Å². The number of hydrogen-bond donors (Lipinski definition) is 1. The highest BCUT2D eigenvalue weighted by atomic mass is 32.1. The Morgan fingerprint density at radius 3 is 2.35 bits per heavy atom. The third-order valence-corrected chi connectivity index (χ3v) is 6.49. The number of benzene rings is 2. The van der Waals surface area contributed by atoms with Crippen molar-refractivity contribution < 1.29 is 33.3 Å². The van der Waals surface area contributed by atoms with Crippen molar-refractivity contribution in [3.05, 3.63) is 81.3 Å². The van der Waals surface area contributed by atoms with E-state index in [1.165, 1.54) is 49.7 Å². The van der Waals surface area contributed by atoms with Crippen molar-refractivity contribution in [1.82, 2.24) is 4.90 Å². The number of ketones is 1. The molecule has 1 atom stereocenters. The van der Waals surface area contributed by atoms with E-state index in [0.29, 0.717) is 21.9 Å². The molecule has 0 saturated carbocycles. The standard InChI is InChI=1S/C25H22FNO6S/c1-31-17-9-7-15(26)12-16(17)23(28)21-22(20-5-4-10-34-20)27(25(30)24(21)29)13-14-6-8-18(32-2)19(11-14)33-3/h4-12,22,28H,13H2,1-3H3/b23-21-. The highest BCUT2D eigenvalue weighted by Gasteiger charge is 2.46. The summed E-state index contributed by atoms with van der Waals surface area (Å²) >= 11 is 1.34. The van der Waals surface area contributed by atoms with Crippen LogP contribution in [-0.2, 0) is 16.1 Å². The molecule has 4 rings (SSSR count). The van der Waals surface area contributed by atoms with Crippen LogP contribution in [0.3, 0.4) is 0 Å². The molecule has 2 aromatic carbocycles. The second-order valence-corrected chi connectivity index (χ2v) is 8.46. The Morgan fingerprint density at radius 2 is 1.71 bits per heavy atom. The third kappa shape index (κ3) is 4.10. The lowest BCUT2D eigenvalue weighted by Crippen LogP contribution is -2.28. The summed E-state index contributed by atoms with van der Waals surface area (Å²) in [7, 11) is 4.40. The van der Waals surface area contributed by atoms with Gasteiger partial charge in [-0.05, 0) is 47.3 Å². The van der Waals surface area contributed by atoms with Crippen molar-refractivity contribution in [2.24, 2.45) is 0 Å². The zero-order valence-corrected chi connectivity index (χ0v) is 19.5. The van der Waals surface area contributed by atoms with E-state index in [-0.39, 0.29) is 23.4 Å². The topological polar surface area (TPSA) is 85.3 Å². The molecule has 9 heteroatoms. The number of amides is 1. The van der Waals surface area contributed by atoms with Gasteiger partial charge in [-0.1, -0.05) is 12.1 Å². The summed E-state index contributed by atoms with van der Waals surface area (Å²) in [6, 6.07) is 11.5. The zero-order chi connectivity index (χ0) is 24.4. The summed E-state index contributed by atoms with van der Waals surface area (Å²) in [4.78, 5) is 28.3. The largest absolute Gasteiger partial charge is 0.507 e. The molecular weight excluding hydrogens is 461 g/mol. The average Bonchev–Trinajstić information content (AvgIpc) is 3.46. The number of hydrogen-bond acceptors (Lipinski definition) is 7. The van der Waals surface area contributed by atoms with Crippen LogP contribution in [0.4, 0.5) is 4.39 Å². The lowest BCUT2D eigenvalue weighted by atomic mass is 9.99. The number of halogens is 1. The van der Waals surface area contributed by atoms with E-state index in [0.717, 1.165) is 6.07 Å². The Labute approximate surface area is 199 Å². The van der Waals surface area contributed by atoms with Crippen molar-refractivity contribution in [3.8, 4) is 17.2 Å².